The van der Waals surface area contributed by atoms with Crippen LogP contribution in [0.3, 0.4) is 0 Å². The van der Waals surface area contributed by atoms with Gasteiger partial charge in [0.15, 0.2) is 0 Å². The SMILES string of the molecule is CC(C)CCOc1ccc(C=CC(=O)Nc2ccc3nc4n(c(=O)c3c2)CCCC4)cc1. The van der Waals surface area contributed by atoms with E-state index in [1.54, 1.807) is 28.8 Å². The lowest BCUT2D eigenvalue weighted by atomic mass is 10.1. The molecular formula is C26H29N3O3. The number of fused-ring (bicyclic) bond motifs is 2. The summed E-state index contributed by atoms with van der Waals surface area (Å²) >= 11 is 0. The van der Waals surface area contributed by atoms with Gasteiger partial charge in [0.1, 0.15) is 11.6 Å². The van der Waals surface area contributed by atoms with Gasteiger partial charge in [-0.1, -0.05) is 26.0 Å². The Hall–Kier alpha value is -3.41. The minimum atomic E-state index is -0.257. The van der Waals surface area contributed by atoms with Gasteiger partial charge >= 0.3 is 0 Å². The lowest BCUT2D eigenvalue weighted by Crippen LogP contribution is -2.28. The van der Waals surface area contributed by atoms with E-state index in [2.05, 4.69) is 24.1 Å². The van der Waals surface area contributed by atoms with Crippen LogP contribution in [0.15, 0.2) is 53.3 Å². The van der Waals surface area contributed by atoms with Crippen LogP contribution >= 0.6 is 0 Å². The minimum absolute atomic E-state index is 0.0351. The molecule has 0 fully saturated rings. The van der Waals surface area contributed by atoms with Crippen molar-refractivity contribution in [2.75, 3.05) is 11.9 Å². The first-order chi connectivity index (χ1) is 15.5. The number of aromatic nitrogens is 2. The molecule has 1 aromatic heterocycles. The van der Waals surface area contributed by atoms with Crippen molar-refractivity contribution in [2.45, 2.75) is 46.1 Å². The number of anilines is 1. The smallest absolute Gasteiger partial charge is 0.261 e. The number of hydrogen-bond acceptors (Lipinski definition) is 4. The highest BCUT2D eigenvalue weighted by Gasteiger charge is 2.15. The van der Waals surface area contributed by atoms with E-state index in [0.717, 1.165) is 42.8 Å². The summed E-state index contributed by atoms with van der Waals surface area (Å²) in [4.78, 5) is 29.9. The Bertz CT molecular complexity index is 1190. The molecule has 6 nitrogen and oxygen atoms in total. The van der Waals surface area contributed by atoms with E-state index >= 15 is 0 Å². The van der Waals surface area contributed by atoms with E-state index in [0.29, 0.717) is 35.7 Å². The van der Waals surface area contributed by atoms with Gasteiger partial charge in [0.25, 0.3) is 5.56 Å². The van der Waals surface area contributed by atoms with Crippen LogP contribution in [0.25, 0.3) is 17.0 Å². The monoisotopic (exact) mass is 431 g/mol. The van der Waals surface area contributed by atoms with Crippen LogP contribution < -0.4 is 15.6 Å². The van der Waals surface area contributed by atoms with E-state index in [4.69, 9.17) is 4.74 Å². The maximum Gasteiger partial charge on any atom is 0.261 e. The second kappa shape index (κ2) is 9.81. The largest absolute Gasteiger partial charge is 0.494 e. The first-order valence-corrected chi connectivity index (χ1v) is 11.2. The number of carbonyl (C=O) groups excluding carboxylic acids is 1. The molecule has 0 aliphatic carbocycles. The third-order valence-electron chi connectivity index (χ3n) is 5.60. The Labute approximate surface area is 187 Å². The van der Waals surface area contributed by atoms with Gasteiger partial charge < -0.3 is 10.1 Å². The summed E-state index contributed by atoms with van der Waals surface area (Å²) in [7, 11) is 0. The van der Waals surface area contributed by atoms with E-state index in [-0.39, 0.29) is 11.5 Å². The number of amides is 1. The van der Waals surface area contributed by atoms with Crippen molar-refractivity contribution in [3.8, 4) is 5.75 Å². The molecule has 0 atom stereocenters. The Morgan fingerprint density at radius 1 is 1.19 bits per heavy atom. The maximum atomic E-state index is 12.8. The zero-order valence-corrected chi connectivity index (χ0v) is 18.6. The van der Waals surface area contributed by atoms with Crippen LogP contribution in [-0.2, 0) is 17.8 Å². The molecule has 0 saturated heterocycles. The van der Waals surface area contributed by atoms with Crippen molar-refractivity contribution in [3.63, 3.8) is 0 Å². The quantitative estimate of drug-likeness (QED) is 0.545. The second-order valence-corrected chi connectivity index (χ2v) is 8.60. The van der Waals surface area contributed by atoms with Gasteiger partial charge in [-0.25, -0.2) is 4.98 Å². The van der Waals surface area contributed by atoms with E-state index in [1.165, 1.54) is 6.08 Å². The number of benzene rings is 2. The van der Waals surface area contributed by atoms with E-state index < -0.39 is 0 Å². The number of nitrogens with zero attached hydrogens (tertiary/aromatic N) is 2. The maximum absolute atomic E-state index is 12.8. The van der Waals surface area contributed by atoms with Crippen molar-refractivity contribution < 1.29 is 9.53 Å². The molecule has 1 amide bonds. The van der Waals surface area contributed by atoms with E-state index in [9.17, 15) is 9.59 Å². The number of hydrogen-bond donors (Lipinski definition) is 1. The third-order valence-corrected chi connectivity index (χ3v) is 5.60. The molecule has 32 heavy (non-hydrogen) atoms. The summed E-state index contributed by atoms with van der Waals surface area (Å²) in [5.41, 5.74) is 2.12. The normalized spacial score (nSPS) is 13.5. The molecule has 6 heteroatoms. The summed E-state index contributed by atoms with van der Waals surface area (Å²) in [5, 5.41) is 3.37. The van der Waals surface area contributed by atoms with Crippen LogP contribution in [0.5, 0.6) is 5.75 Å². The summed E-state index contributed by atoms with van der Waals surface area (Å²) in [6, 6.07) is 12.9. The zero-order valence-electron chi connectivity index (χ0n) is 18.6. The van der Waals surface area contributed by atoms with Crippen LogP contribution in [0, 0.1) is 5.92 Å². The molecule has 1 aliphatic rings. The highest BCUT2D eigenvalue weighted by Crippen LogP contribution is 2.19. The number of ether oxygens (including phenoxy) is 1. The van der Waals surface area contributed by atoms with Crippen LogP contribution in [0.4, 0.5) is 5.69 Å². The van der Waals surface area contributed by atoms with Crippen LogP contribution in [0.1, 0.15) is 44.5 Å². The number of carbonyl (C=O) groups is 1. The average molecular weight is 432 g/mol. The minimum Gasteiger partial charge on any atom is -0.494 e. The zero-order chi connectivity index (χ0) is 22.5. The summed E-state index contributed by atoms with van der Waals surface area (Å²) in [5.74, 6) is 2.03. The highest BCUT2D eigenvalue weighted by molar-refractivity contribution is 6.02. The average Bonchev–Trinajstić information content (AvgIpc) is 2.79. The standard InChI is InChI=1S/C26H29N3O3/c1-18(2)14-16-32-21-10-6-19(7-11-21)8-13-25(30)27-20-9-12-23-22(17-20)26(31)29-15-4-3-5-24(29)28-23/h6-13,17-18H,3-5,14-16H2,1-2H3,(H,27,30). The Balaban J connectivity index is 1.41. The second-order valence-electron chi connectivity index (χ2n) is 8.60. The van der Waals surface area contributed by atoms with Gasteiger partial charge in [0.2, 0.25) is 5.91 Å². The molecule has 4 rings (SSSR count). The van der Waals surface area contributed by atoms with Crippen molar-refractivity contribution in [3.05, 3.63) is 70.3 Å². The number of rotatable bonds is 7. The Morgan fingerprint density at radius 2 is 2.00 bits per heavy atom. The van der Waals surface area contributed by atoms with Gasteiger partial charge in [-0.05, 0) is 67.2 Å². The molecule has 166 valence electrons. The molecular weight excluding hydrogens is 402 g/mol. The lowest BCUT2D eigenvalue weighted by Gasteiger charge is -2.17. The van der Waals surface area contributed by atoms with E-state index in [1.807, 2.05) is 24.3 Å². The van der Waals surface area contributed by atoms with Gasteiger partial charge in [-0.15, -0.1) is 0 Å². The Kier molecular flexibility index (Phi) is 6.69. The summed E-state index contributed by atoms with van der Waals surface area (Å²) < 4.78 is 7.48. The van der Waals surface area contributed by atoms with Crippen LogP contribution in [-0.4, -0.2) is 22.1 Å². The lowest BCUT2D eigenvalue weighted by molar-refractivity contribution is -0.111. The fourth-order valence-electron chi connectivity index (χ4n) is 3.76. The highest BCUT2D eigenvalue weighted by atomic mass is 16.5. The van der Waals surface area contributed by atoms with Crippen molar-refractivity contribution >= 4 is 28.6 Å². The van der Waals surface area contributed by atoms with Gasteiger partial charge in [0.05, 0.1) is 17.5 Å². The van der Waals surface area contributed by atoms with Gasteiger partial charge in [-0.2, -0.15) is 0 Å². The molecule has 2 aromatic carbocycles. The number of nitrogens with one attached hydrogen (secondary N) is 1. The molecule has 2 heterocycles. The topological polar surface area (TPSA) is 73.2 Å². The van der Waals surface area contributed by atoms with Crippen molar-refractivity contribution in [1.82, 2.24) is 9.55 Å². The summed E-state index contributed by atoms with van der Waals surface area (Å²) in [6.45, 7) is 5.74. The first-order valence-electron chi connectivity index (χ1n) is 11.2. The molecule has 0 spiro atoms. The van der Waals surface area contributed by atoms with Crippen molar-refractivity contribution in [2.24, 2.45) is 5.92 Å². The molecule has 0 radical (unpaired) electrons. The summed E-state index contributed by atoms with van der Waals surface area (Å²) in [6.07, 6.45) is 7.14. The molecule has 3 aromatic rings. The fourth-order valence-corrected chi connectivity index (χ4v) is 3.76. The van der Waals surface area contributed by atoms with Crippen molar-refractivity contribution in [1.29, 1.82) is 0 Å². The predicted molar refractivity (Wildman–Crippen MR) is 128 cm³/mol. The molecule has 1 N–H and O–H groups in total. The Morgan fingerprint density at radius 3 is 2.78 bits per heavy atom. The predicted octanol–water partition coefficient (Wildman–Crippen LogP) is 4.81. The number of aryl methyl sites for hydroxylation is 1. The third kappa shape index (κ3) is 5.25. The molecule has 0 bridgehead atoms. The molecule has 1 aliphatic heterocycles. The fraction of sp³-hybridized carbons (Fsp3) is 0.346. The molecule has 0 saturated carbocycles. The van der Waals surface area contributed by atoms with Gasteiger partial charge in [-0.3, -0.25) is 14.2 Å². The van der Waals surface area contributed by atoms with Crippen LogP contribution in [0.2, 0.25) is 0 Å². The van der Waals surface area contributed by atoms with Gasteiger partial charge in [0, 0.05) is 24.7 Å². The molecule has 0 unspecified atom stereocenters. The first kappa shape index (κ1) is 21.8.